The van der Waals surface area contributed by atoms with Crippen LogP contribution in [0.1, 0.15) is 18.1 Å². The molecule has 0 spiro atoms. The van der Waals surface area contributed by atoms with Gasteiger partial charge >= 0.3 is 0 Å². The van der Waals surface area contributed by atoms with Crippen LogP contribution in [0.25, 0.3) is 10.2 Å². The summed E-state index contributed by atoms with van der Waals surface area (Å²) in [4.78, 5) is 4.40. The summed E-state index contributed by atoms with van der Waals surface area (Å²) >= 11 is 1.61. The Kier molecular flexibility index (Phi) is 2.42. The van der Waals surface area contributed by atoms with Gasteiger partial charge < -0.3 is 4.74 Å². The van der Waals surface area contributed by atoms with Gasteiger partial charge in [-0.25, -0.2) is 4.98 Å². The molecule has 0 amide bonds. The largest absolute Gasteiger partial charge is 0.470 e. The Balaban J connectivity index is 2.54. The molecule has 3 heteroatoms. The zero-order valence-corrected chi connectivity index (χ0v) is 9.44. The third kappa shape index (κ3) is 1.60. The number of aryl methyl sites for hydroxylation is 2. The highest BCUT2D eigenvalue weighted by Gasteiger charge is 2.05. The topological polar surface area (TPSA) is 22.1 Å². The van der Waals surface area contributed by atoms with E-state index in [1.54, 1.807) is 11.3 Å². The van der Waals surface area contributed by atoms with Gasteiger partial charge in [-0.05, 0) is 44.0 Å². The Labute approximate surface area is 87.5 Å². The van der Waals surface area contributed by atoms with Crippen LogP contribution in [0.5, 0.6) is 5.19 Å². The van der Waals surface area contributed by atoms with Crippen molar-refractivity contribution in [3.8, 4) is 5.19 Å². The van der Waals surface area contributed by atoms with Crippen LogP contribution in [0.2, 0.25) is 0 Å². The quantitative estimate of drug-likeness (QED) is 0.753. The van der Waals surface area contributed by atoms with Crippen molar-refractivity contribution in [3.63, 3.8) is 0 Å². The zero-order valence-electron chi connectivity index (χ0n) is 8.63. The molecule has 0 aliphatic rings. The van der Waals surface area contributed by atoms with Gasteiger partial charge in [0.2, 0.25) is 0 Å². The van der Waals surface area contributed by atoms with Crippen LogP contribution in [-0.4, -0.2) is 11.6 Å². The molecule has 2 aromatic rings. The van der Waals surface area contributed by atoms with Gasteiger partial charge in [-0.2, -0.15) is 0 Å². The summed E-state index contributed by atoms with van der Waals surface area (Å²) < 4.78 is 6.58. The van der Waals surface area contributed by atoms with E-state index in [1.165, 1.54) is 15.8 Å². The minimum absolute atomic E-state index is 0.678. The first kappa shape index (κ1) is 9.46. The van der Waals surface area contributed by atoms with Crippen molar-refractivity contribution >= 4 is 21.6 Å². The fourth-order valence-electron chi connectivity index (χ4n) is 1.34. The van der Waals surface area contributed by atoms with E-state index in [0.29, 0.717) is 6.61 Å². The van der Waals surface area contributed by atoms with Crippen LogP contribution < -0.4 is 4.74 Å². The first-order valence-electron chi connectivity index (χ1n) is 4.71. The molecule has 2 rings (SSSR count). The molecule has 0 aliphatic carbocycles. The lowest BCUT2D eigenvalue weighted by molar-refractivity contribution is 0.339. The van der Waals surface area contributed by atoms with Gasteiger partial charge in [-0.3, -0.25) is 0 Å². The number of nitrogens with zero attached hydrogens (tertiary/aromatic N) is 1. The number of aromatic nitrogens is 1. The molecule has 0 saturated carbocycles. The van der Waals surface area contributed by atoms with Crippen LogP contribution in [0.15, 0.2) is 12.1 Å². The summed E-state index contributed by atoms with van der Waals surface area (Å²) in [6.07, 6.45) is 0. The molecule has 1 aromatic heterocycles. The fraction of sp³-hybridized carbons (Fsp3) is 0.364. The first-order valence-corrected chi connectivity index (χ1v) is 5.53. The van der Waals surface area contributed by atoms with Crippen molar-refractivity contribution in [1.82, 2.24) is 4.98 Å². The molecule has 0 aliphatic heterocycles. The standard InChI is InChI=1S/C11H13NOS/c1-4-13-11-12-9-5-7(2)8(3)6-10(9)14-11/h5-6H,4H2,1-3H3. The van der Waals surface area contributed by atoms with Gasteiger partial charge in [0.25, 0.3) is 5.19 Å². The van der Waals surface area contributed by atoms with E-state index in [-0.39, 0.29) is 0 Å². The lowest BCUT2D eigenvalue weighted by Crippen LogP contribution is -1.89. The third-order valence-corrected chi connectivity index (χ3v) is 3.18. The van der Waals surface area contributed by atoms with Gasteiger partial charge in [0.05, 0.1) is 16.8 Å². The van der Waals surface area contributed by atoms with Gasteiger partial charge in [0, 0.05) is 0 Å². The maximum atomic E-state index is 5.38. The Bertz CT molecular complexity index is 423. The molecule has 74 valence electrons. The van der Waals surface area contributed by atoms with Crippen molar-refractivity contribution in [1.29, 1.82) is 0 Å². The highest BCUT2D eigenvalue weighted by atomic mass is 32.1. The molecular formula is C11H13NOS. The summed E-state index contributed by atoms with van der Waals surface area (Å²) in [5.74, 6) is 0. The van der Waals surface area contributed by atoms with E-state index in [4.69, 9.17) is 4.74 Å². The number of thiazole rings is 1. The Morgan fingerprint density at radius 2 is 2.00 bits per heavy atom. The molecule has 0 radical (unpaired) electrons. The van der Waals surface area contributed by atoms with Crippen LogP contribution in [0, 0.1) is 13.8 Å². The monoisotopic (exact) mass is 207 g/mol. The molecule has 0 saturated heterocycles. The number of hydrogen-bond donors (Lipinski definition) is 0. The zero-order chi connectivity index (χ0) is 10.1. The Morgan fingerprint density at radius 3 is 2.71 bits per heavy atom. The van der Waals surface area contributed by atoms with E-state index >= 15 is 0 Å². The van der Waals surface area contributed by atoms with Crippen LogP contribution >= 0.6 is 11.3 Å². The molecule has 1 heterocycles. The normalized spacial score (nSPS) is 10.8. The second-order valence-electron chi connectivity index (χ2n) is 3.32. The minimum atomic E-state index is 0.678. The molecular weight excluding hydrogens is 194 g/mol. The molecule has 0 N–H and O–H groups in total. The van der Waals surface area contributed by atoms with Crippen molar-refractivity contribution in [2.45, 2.75) is 20.8 Å². The van der Waals surface area contributed by atoms with Gasteiger partial charge in [0.15, 0.2) is 0 Å². The smallest absolute Gasteiger partial charge is 0.274 e. The molecule has 0 unspecified atom stereocenters. The predicted molar refractivity (Wildman–Crippen MR) is 60.3 cm³/mol. The lowest BCUT2D eigenvalue weighted by Gasteiger charge is -1.96. The van der Waals surface area contributed by atoms with Crippen LogP contribution in [0.4, 0.5) is 0 Å². The molecule has 2 nitrogen and oxygen atoms in total. The maximum absolute atomic E-state index is 5.38. The summed E-state index contributed by atoms with van der Waals surface area (Å²) in [6.45, 7) is 6.88. The number of fused-ring (bicyclic) bond motifs is 1. The SMILES string of the molecule is CCOc1nc2cc(C)c(C)cc2s1. The van der Waals surface area contributed by atoms with Gasteiger partial charge in [-0.1, -0.05) is 11.3 Å². The number of rotatable bonds is 2. The van der Waals surface area contributed by atoms with Gasteiger partial charge in [-0.15, -0.1) is 0 Å². The van der Waals surface area contributed by atoms with E-state index in [1.807, 2.05) is 6.92 Å². The molecule has 0 fully saturated rings. The third-order valence-electron chi connectivity index (χ3n) is 2.25. The van der Waals surface area contributed by atoms with E-state index < -0.39 is 0 Å². The van der Waals surface area contributed by atoms with Crippen molar-refractivity contribution < 1.29 is 4.74 Å². The van der Waals surface area contributed by atoms with Crippen LogP contribution in [-0.2, 0) is 0 Å². The minimum Gasteiger partial charge on any atom is -0.470 e. The second-order valence-corrected chi connectivity index (χ2v) is 4.31. The Morgan fingerprint density at radius 1 is 1.29 bits per heavy atom. The summed E-state index contributed by atoms with van der Waals surface area (Å²) in [5, 5.41) is 0.771. The van der Waals surface area contributed by atoms with E-state index in [2.05, 4.69) is 31.0 Å². The van der Waals surface area contributed by atoms with E-state index in [0.717, 1.165) is 10.7 Å². The van der Waals surface area contributed by atoms with Crippen molar-refractivity contribution in [3.05, 3.63) is 23.3 Å². The van der Waals surface area contributed by atoms with Crippen LogP contribution in [0.3, 0.4) is 0 Å². The maximum Gasteiger partial charge on any atom is 0.274 e. The summed E-state index contributed by atoms with van der Waals surface area (Å²) in [7, 11) is 0. The number of ether oxygens (including phenoxy) is 1. The van der Waals surface area contributed by atoms with Crippen molar-refractivity contribution in [2.24, 2.45) is 0 Å². The average Bonchev–Trinajstić information content (AvgIpc) is 2.48. The summed E-state index contributed by atoms with van der Waals surface area (Å²) in [6, 6.07) is 4.29. The summed E-state index contributed by atoms with van der Waals surface area (Å²) in [5.41, 5.74) is 3.64. The highest BCUT2D eigenvalue weighted by Crippen LogP contribution is 2.29. The highest BCUT2D eigenvalue weighted by molar-refractivity contribution is 7.20. The molecule has 1 aromatic carbocycles. The fourth-order valence-corrected chi connectivity index (χ4v) is 2.30. The first-order chi connectivity index (χ1) is 6.70. The average molecular weight is 207 g/mol. The van der Waals surface area contributed by atoms with Crippen molar-refractivity contribution in [2.75, 3.05) is 6.61 Å². The van der Waals surface area contributed by atoms with E-state index in [9.17, 15) is 0 Å². The number of hydrogen-bond acceptors (Lipinski definition) is 3. The lowest BCUT2D eigenvalue weighted by atomic mass is 10.1. The second kappa shape index (κ2) is 3.58. The molecule has 0 atom stereocenters. The predicted octanol–water partition coefficient (Wildman–Crippen LogP) is 3.31. The Hall–Kier alpha value is -1.09. The number of benzene rings is 1. The molecule has 14 heavy (non-hydrogen) atoms. The molecule has 0 bridgehead atoms. The van der Waals surface area contributed by atoms with Gasteiger partial charge in [0.1, 0.15) is 0 Å².